The normalized spacial score (nSPS) is 14.9. The first-order valence-electron chi connectivity index (χ1n) is 13.7. The smallest absolute Gasteiger partial charge is 0.251 e. The number of benzene rings is 3. The highest BCUT2D eigenvalue weighted by molar-refractivity contribution is 5.99. The molecule has 206 valence electrons. The summed E-state index contributed by atoms with van der Waals surface area (Å²) in [6, 6.07) is 22.7. The van der Waals surface area contributed by atoms with Crippen molar-refractivity contribution in [1.29, 1.82) is 0 Å². The molecule has 3 aromatic rings. The van der Waals surface area contributed by atoms with Gasteiger partial charge in [-0.15, -0.1) is 0 Å². The number of aliphatic hydroxyl groups is 1. The molecule has 0 aliphatic carbocycles. The zero-order chi connectivity index (χ0) is 27.8. The Morgan fingerprint density at radius 3 is 2.49 bits per heavy atom. The largest absolute Gasteiger partial charge is 0.491 e. The second-order valence-electron chi connectivity index (χ2n) is 10.5. The lowest BCUT2D eigenvalue weighted by Gasteiger charge is -2.26. The van der Waals surface area contributed by atoms with Gasteiger partial charge in [-0.1, -0.05) is 60.2 Å². The van der Waals surface area contributed by atoms with Crippen molar-refractivity contribution < 1.29 is 19.4 Å². The monoisotopic (exact) mass is 529 g/mol. The van der Waals surface area contributed by atoms with Crippen molar-refractivity contribution in [2.75, 3.05) is 18.0 Å². The van der Waals surface area contributed by atoms with Crippen LogP contribution in [0, 0.1) is 6.92 Å². The van der Waals surface area contributed by atoms with Crippen LogP contribution < -0.4 is 20.3 Å². The highest BCUT2D eigenvalue weighted by Gasteiger charge is 2.26. The number of hydrogen-bond donors (Lipinski definition) is 3. The number of nitrogens with one attached hydrogen (secondary N) is 2. The molecule has 7 heteroatoms. The number of carbonyl (C=O) groups excluding carboxylic acids is 2. The number of hydrogen-bond acceptors (Lipinski definition) is 5. The molecule has 4 rings (SSSR count). The molecule has 0 spiro atoms. The third-order valence-corrected chi connectivity index (χ3v) is 6.75. The van der Waals surface area contributed by atoms with Crippen LogP contribution in [0.1, 0.15) is 53.7 Å². The van der Waals surface area contributed by atoms with Crippen molar-refractivity contribution in [3.63, 3.8) is 0 Å². The quantitative estimate of drug-likeness (QED) is 0.324. The number of aryl methyl sites for hydroxylation is 1. The topological polar surface area (TPSA) is 90.9 Å². The number of ether oxygens (including phenoxy) is 1. The fourth-order valence-electron chi connectivity index (χ4n) is 4.86. The summed E-state index contributed by atoms with van der Waals surface area (Å²) >= 11 is 0. The lowest BCUT2D eigenvalue weighted by Crippen LogP contribution is -2.48. The Morgan fingerprint density at radius 2 is 1.79 bits per heavy atom. The number of amides is 2. The first-order chi connectivity index (χ1) is 18.8. The van der Waals surface area contributed by atoms with E-state index in [4.69, 9.17) is 4.74 Å². The molecule has 1 aliphatic heterocycles. The molecule has 3 N–H and O–H groups in total. The van der Waals surface area contributed by atoms with Gasteiger partial charge < -0.3 is 25.4 Å². The van der Waals surface area contributed by atoms with E-state index in [2.05, 4.69) is 29.7 Å². The van der Waals surface area contributed by atoms with Gasteiger partial charge in [0.1, 0.15) is 5.75 Å². The number of rotatable bonds is 12. The Labute approximate surface area is 231 Å². The summed E-state index contributed by atoms with van der Waals surface area (Å²) in [7, 11) is 0. The SMILES string of the molecule is Cc1cccc(CNCC(O)C(Cc2ccccc2)NC(=O)c2cc(OC(C)C)cc(N3CCCC3=O)c2)c1. The Balaban J connectivity index is 1.52. The summed E-state index contributed by atoms with van der Waals surface area (Å²) in [6.45, 7) is 7.44. The van der Waals surface area contributed by atoms with Crippen molar-refractivity contribution in [2.45, 2.75) is 64.8 Å². The van der Waals surface area contributed by atoms with E-state index in [-0.39, 0.29) is 17.9 Å². The highest BCUT2D eigenvalue weighted by Crippen LogP contribution is 2.28. The van der Waals surface area contributed by atoms with Gasteiger partial charge in [0.25, 0.3) is 5.91 Å². The van der Waals surface area contributed by atoms with Crippen molar-refractivity contribution in [2.24, 2.45) is 0 Å². The van der Waals surface area contributed by atoms with Crippen molar-refractivity contribution in [1.82, 2.24) is 10.6 Å². The second kappa shape index (κ2) is 13.4. The fraction of sp³-hybridized carbons (Fsp3) is 0.375. The predicted molar refractivity (Wildman–Crippen MR) is 154 cm³/mol. The van der Waals surface area contributed by atoms with Crippen LogP contribution in [0.4, 0.5) is 5.69 Å². The van der Waals surface area contributed by atoms with Crippen molar-refractivity contribution in [3.8, 4) is 5.75 Å². The second-order valence-corrected chi connectivity index (χ2v) is 10.5. The van der Waals surface area contributed by atoms with Crippen LogP contribution in [0.3, 0.4) is 0 Å². The molecule has 39 heavy (non-hydrogen) atoms. The number of nitrogens with zero attached hydrogens (tertiary/aromatic N) is 1. The third-order valence-electron chi connectivity index (χ3n) is 6.75. The molecule has 2 amide bonds. The van der Waals surface area contributed by atoms with Crippen LogP contribution in [-0.2, 0) is 17.8 Å². The van der Waals surface area contributed by atoms with Gasteiger partial charge in [0, 0.05) is 43.4 Å². The maximum Gasteiger partial charge on any atom is 0.251 e. The summed E-state index contributed by atoms with van der Waals surface area (Å²) < 4.78 is 5.91. The summed E-state index contributed by atoms with van der Waals surface area (Å²) in [5.41, 5.74) is 4.38. The Morgan fingerprint density at radius 1 is 1.03 bits per heavy atom. The maximum atomic E-state index is 13.6. The average molecular weight is 530 g/mol. The molecular formula is C32H39N3O4. The van der Waals surface area contributed by atoms with Gasteiger partial charge in [0.05, 0.1) is 18.2 Å². The van der Waals surface area contributed by atoms with E-state index in [0.717, 1.165) is 17.5 Å². The van der Waals surface area contributed by atoms with Crippen LogP contribution in [0.15, 0.2) is 72.8 Å². The molecular weight excluding hydrogens is 490 g/mol. The van der Waals surface area contributed by atoms with E-state index in [1.807, 2.05) is 62.4 Å². The van der Waals surface area contributed by atoms with Crippen LogP contribution in [0.25, 0.3) is 0 Å². The van der Waals surface area contributed by atoms with Gasteiger partial charge >= 0.3 is 0 Å². The molecule has 0 saturated carbocycles. The van der Waals surface area contributed by atoms with Crippen LogP contribution in [-0.4, -0.2) is 48.3 Å². The first-order valence-corrected chi connectivity index (χ1v) is 13.7. The molecule has 0 aromatic heterocycles. The minimum absolute atomic E-state index is 0.0418. The fourth-order valence-corrected chi connectivity index (χ4v) is 4.86. The molecule has 1 fully saturated rings. The number of anilines is 1. The molecule has 2 unspecified atom stereocenters. The van der Waals surface area contributed by atoms with E-state index in [1.54, 1.807) is 17.0 Å². The zero-order valence-corrected chi connectivity index (χ0v) is 23.0. The minimum atomic E-state index is -0.825. The van der Waals surface area contributed by atoms with Crippen molar-refractivity contribution in [3.05, 3.63) is 95.1 Å². The van der Waals surface area contributed by atoms with E-state index in [1.165, 1.54) is 5.56 Å². The van der Waals surface area contributed by atoms with Gasteiger partial charge in [-0.2, -0.15) is 0 Å². The molecule has 0 bridgehead atoms. The molecule has 2 atom stereocenters. The highest BCUT2D eigenvalue weighted by atomic mass is 16.5. The van der Waals surface area contributed by atoms with Crippen LogP contribution in [0.2, 0.25) is 0 Å². The van der Waals surface area contributed by atoms with Gasteiger partial charge in [-0.05, 0) is 56.9 Å². The third kappa shape index (κ3) is 8.15. The van der Waals surface area contributed by atoms with E-state index in [0.29, 0.717) is 49.5 Å². The zero-order valence-electron chi connectivity index (χ0n) is 23.0. The summed E-state index contributed by atoms with van der Waals surface area (Å²) in [6.07, 6.45) is 0.847. The standard InChI is InChI=1S/C32H39N3O4/c1-22(2)39-28-18-26(17-27(19-28)35-14-8-13-31(35)37)32(38)34-29(16-24-10-5-4-6-11-24)30(36)21-33-20-25-12-7-9-23(3)15-25/h4-7,9-12,15,17-19,22,29-30,33,36H,8,13-14,16,20-21H2,1-3H3,(H,34,38). The van der Waals surface area contributed by atoms with Gasteiger partial charge in [-0.25, -0.2) is 0 Å². The lowest BCUT2D eigenvalue weighted by molar-refractivity contribution is -0.117. The predicted octanol–water partition coefficient (Wildman–Crippen LogP) is 4.40. The average Bonchev–Trinajstić information content (AvgIpc) is 3.34. The Bertz CT molecular complexity index is 1260. The number of carbonyl (C=O) groups is 2. The summed E-state index contributed by atoms with van der Waals surface area (Å²) in [5.74, 6) is 0.253. The van der Waals surface area contributed by atoms with Crippen LogP contribution >= 0.6 is 0 Å². The maximum absolute atomic E-state index is 13.6. The summed E-state index contributed by atoms with van der Waals surface area (Å²) in [5, 5.41) is 17.6. The van der Waals surface area contributed by atoms with Gasteiger partial charge in [-0.3, -0.25) is 9.59 Å². The molecule has 1 saturated heterocycles. The van der Waals surface area contributed by atoms with E-state index < -0.39 is 12.1 Å². The lowest BCUT2D eigenvalue weighted by atomic mass is 10.00. The van der Waals surface area contributed by atoms with E-state index in [9.17, 15) is 14.7 Å². The molecule has 0 radical (unpaired) electrons. The van der Waals surface area contributed by atoms with Gasteiger partial charge in [0.2, 0.25) is 5.91 Å². The first kappa shape index (κ1) is 28.3. The van der Waals surface area contributed by atoms with Gasteiger partial charge in [0.15, 0.2) is 0 Å². The molecule has 1 aliphatic rings. The summed E-state index contributed by atoms with van der Waals surface area (Å²) in [4.78, 5) is 27.7. The molecule has 3 aromatic carbocycles. The molecule has 1 heterocycles. The molecule has 7 nitrogen and oxygen atoms in total. The minimum Gasteiger partial charge on any atom is -0.491 e. The van der Waals surface area contributed by atoms with Crippen molar-refractivity contribution >= 4 is 17.5 Å². The Kier molecular flexibility index (Phi) is 9.74. The Hall–Kier alpha value is -3.68. The van der Waals surface area contributed by atoms with Crippen LogP contribution in [0.5, 0.6) is 5.75 Å². The van der Waals surface area contributed by atoms with E-state index >= 15 is 0 Å². The number of aliphatic hydroxyl groups excluding tert-OH is 1.